The Labute approximate surface area is 158 Å². The van der Waals surface area contributed by atoms with Gasteiger partial charge in [0.1, 0.15) is 11.6 Å². The number of nitrogens with zero attached hydrogens (tertiary/aromatic N) is 1. The lowest BCUT2D eigenvalue weighted by Gasteiger charge is -2.40. The molecule has 3 N–H and O–H groups in total. The minimum Gasteiger partial charge on any atom is -0.497 e. The van der Waals surface area contributed by atoms with Crippen LogP contribution in [0.2, 0.25) is 0 Å². The summed E-state index contributed by atoms with van der Waals surface area (Å²) in [7, 11) is 3.01. The third-order valence-electron chi connectivity index (χ3n) is 4.94. The number of nitrogens with one attached hydrogen (secondary N) is 2. The second-order valence-corrected chi connectivity index (χ2v) is 7.38. The molecular formula is C19H28FN3O4. The van der Waals surface area contributed by atoms with Crippen LogP contribution in [-0.4, -0.2) is 60.2 Å². The number of aliphatic hydroxyl groups is 1. The van der Waals surface area contributed by atoms with Crippen LogP contribution < -0.4 is 15.4 Å². The van der Waals surface area contributed by atoms with Gasteiger partial charge in [-0.2, -0.15) is 0 Å². The van der Waals surface area contributed by atoms with E-state index >= 15 is 0 Å². The molecule has 0 aliphatic carbocycles. The van der Waals surface area contributed by atoms with E-state index in [9.17, 15) is 19.1 Å². The molecule has 1 aromatic rings. The van der Waals surface area contributed by atoms with Crippen LogP contribution in [0.5, 0.6) is 5.75 Å². The SMILES string of the molecule is CNC(=O)C(C)(C)NCC1(O)CCCN(Cc2cc(OC)ccc2F)C1=O. The molecule has 1 saturated heterocycles. The molecule has 1 unspecified atom stereocenters. The van der Waals surface area contributed by atoms with E-state index in [0.717, 1.165) is 0 Å². The van der Waals surface area contributed by atoms with Gasteiger partial charge in [0.2, 0.25) is 5.91 Å². The number of benzene rings is 1. The van der Waals surface area contributed by atoms with Crippen molar-refractivity contribution in [3.8, 4) is 5.75 Å². The maximum absolute atomic E-state index is 14.1. The summed E-state index contributed by atoms with van der Waals surface area (Å²) in [6.45, 7) is 3.75. The first-order valence-corrected chi connectivity index (χ1v) is 8.94. The highest BCUT2D eigenvalue weighted by Crippen LogP contribution is 2.26. The number of β-amino-alcohol motifs (C(OH)–C–C–N with tert-alkyl or cyclic N) is 1. The predicted molar refractivity (Wildman–Crippen MR) is 98.7 cm³/mol. The zero-order chi connectivity index (χ0) is 20.2. The average molecular weight is 381 g/mol. The smallest absolute Gasteiger partial charge is 0.256 e. The zero-order valence-electron chi connectivity index (χ0n) is 16.3. The van der Waals surface area contributed by atoms with Gasteiger partial charge >= 0.3 is 0 Å². The average Bonchev–Trinajstić information content (AvgIpc) is 2.65. The molecule has 27 heavy (non-hydrogen) atoms. The number of methoxy groups -OCH3 is 1. The zero-order valence-corrected chi connectivity index (χ0v) is 16.3. The summed E-state index contributed by atoms with van der Waals surface area (Å²) in [5, 5.41) is 16.4. The van der Waals surface area contributed by atoms with Crippen LogP contribution in [0.25, 0.3) is 0 Å². The largest absolute Gasteiger partial charge is 0.497 e. The molecule has 1 atom stereocenters. The highest BCUT2D eigenvalue weighted by Gasteiger charge is 2.43. The molecule has 1 heterocycles. The van der Waals surface area contributed by atoms with Gasteiger partial charge in [-0.3, -0.25) is 9.59 Å². The number of rotatable bonds is 7. The lowest BCUT2D eigenvalue weighted by Crippen LogP contribution is -2.62. The first kappa shape index (κ1) is 21.1. The molecule has 0 saturated carbocycles. The van der Waals surface area contributed by atoms with Crippen molar-refractivity contribution >= 4 is 11.8 Å². The highest BCUT2D eigenvalue weighted by atomic mass is 19.1. The van der Waals surface area contributed by atoms with Crippen LogP contribution in [0.1, 0.15) is 32.3 Å². The lowest BCUT2D eigenvalue weighted by molar-refractivity contribution is -0.158. The van der Waals surface area contributed by atoms with E-state index in [0.29, 0.717) is 24.3 Å². The maximum Gasteiger partial charge on any atom is 0.256 e. The molecule has 150 valence electrons. The topological polar surface area (TPSA) is 90.9 Å². The number of hydrogen-bond acceptors (Lipinski definition) is 5. The van der Waals surface area contributed by atoms with Crippen molar-refractivity contribution in [3.63, 3.8) is 0 Å². The van der Waals surface area contributed by atoms with Crippen LogP contribution in [0.15, 0.2) is 18.2 Å². The fourth-order valence-electron chi connectivity index (χ4n) is 3.14. The Balaban J connectivity index is 2.11. The number of halogens is 1. The molecular weight excluding hydrogens is 353 g/mol. The minimum atomic E-state index is -1.64. The van der Waals surface area contributed by atoms with E-state index in [-0.39, 0.29) is 25.4 Å². The molecule has 7 nitrogen and oxygen atoms in total. The fraction of sp³-hybridized carbons (Fsp3) is 0.579. The molecule has 1 fully saturated rings. The van der Waals surface area contributed by atoms with Gasteiger partial charge < -0.3 is 25.4 Å². The molecule has 8 heteroatoms. The van der Waals surface area contributed by atoms with Gasteiger partial charge in [0.05, 0.1) is 12.6 Å². The molecule has 0 radical (unpaired) electrons. The molecule has 0 aromatic heterocycles. The Bertz CT molecular complexity index is 710. The van der Waals surface area contributed by atoms with Crippen LogP contribution in [-0.2, 0) is 16.1 Å². The third-order valence-corrected chi connectivity index (χ3v) is 4.94. The van der Waals surface area contributed by atoms with Crippen LogP contribution in [0.4, 0.5) is 4.39 Å². The molecule has 1 aromatic carbocycles. The first-order chi connectivity index (χ1) is 12.6. The summed E-state index contributed by atoms with van der Waals surface area (Å²) in [6, 6.07) is 4.35. The molecule has 2 rings (SSSR count). The Hall–Kier alpha value is -2.19. The second-order valence-electron chi connectivity index (χ2n) is 7.38. The van der Waals surface area contributed by atoms with Crippen molar-refractivity contribution in [3.05, 3.63) is 29.6 Å². The number of amides is 2. The van der Waals surface area contributed by atoms with Crippen LogP contribution >= 0.6 is 0 Å². The van der Waals surface area contributed by atoms with Crippen molar-refractivity contribution in [2.24, 2.45) is 0 Å². The van der Waals surface area contributed by atoms with E-state index in [1.165, 1.54) is 31.2 Å². The first-order valence-electron chi connectivity index (χ1n) is 8.94. The number of carbonyl (C=O) groups excluding carboxylic acids is 2. The maximum atomic E-state index is 14.1. The monoisotopic (exact) mass is 381 g/mol. The van der Waals surface area contributed by atoms with Crippen LogP contribution in [0.3, 0.4) is 0 Å². The summed E-state index contributed by atoms with van der Waals surface area (Å²) in [4.78, 5) is 26.2. The molecule has 0 bridgehead atoms. The second kappa shape index (κ2) is 8.22. The normalized spacial score (nSPS) is 20.5. The van der Waals surface area contributed by atoms with Gasteiger partial charge in [0.15, 0.2) is 5.60 Å². The van der Waals surface area contributed by atoms with E-state index in [1.807, 2.05) is 0 Å². The number of likely N-dealkylation sites (tertiary alicyclic amines) is 1. The molecule has 2 amide bonds. The highest BCUT2D eigenvalue weighted by molar-refractivity contribution is 5.87. The Morgan fingerprint density at radius 1 is 1.44 bits per heavy atom. The lowest BCUT2D eigenvalue weighted by atomic mass is 9.90. The quantitative estimate of drug-likeness (QED) is 0.650. The number of piperidine rings is 1. The molecule has 1 aliphatic rings. The summed E-state index contributed by atoms with van der Waals surface area (Å²) in [6.07, 6.45) is 0.857. The number of hydrogen-bond donors (Lipinski definition) is 3. The van der Waals surface area contributed by atoms with Crippen molar-refractivity contribution < 1.29 is 23.8 Å². The van der Waals surface area contributed by atoms with E-state index < -0.39 is 22.9 Å². The summed E-state index contributed by atoms with van der Waals surface area (Å²) >= 11 is 0. The number of likely N-dealkylation sites (N-methyl/N-ethyl adjacent to an activating group) is 1. The van der Waals surface area contributed by atoms with Gasteiger partial charge in [-0.25, -0.2) is 4.39 Å². The van der Waals surface area contributed by atoms with Gasteiger partial charge in [0.25, 0.3) is 5.91 Å². The molecule has 1 aliphatic heterocycles. The van der Waals surface area contributed by atoms with E-state index in [1.54, 1.807) is 19.9 Å². The van der Waals surface area contributed by atoms with Crippen molar-refractivity contribution in [1.82, 2.24) is 15.5 Å². The Morgan fingerprint density at radius 3 is 2.78 bits per heavy atom. The predicted octanol–water partition coefficient (Wildman–Crippen LogP) is 0.802. The van der Waals surface area contributed by atoms with Gasteiger partial charge in [-0.1, -0.05) is 0 Å². The summed E-state index contributed by atoms with van der Waals surface area (Å²) < 4.78 is 19.2. The van der Waals surface area contributed by atoms with Gasteiger partial charge in [-0.05, 0) is 44.9 Å². The number of carbonyl (C=O) groups is 2. The number of ether oxygens (including phenoxy) is 1. The third kappa shape index (κ3) is 4.75. The minimum absolute atomic E-state index is 0.0447. The Morgan fingerprint density at radius 2 is 2.15 bits per heavy atom. The van der Waals surface area contributed by atoms with E-state index in [4.69, 9.17) is 4.74 Å². The summed E-state index contributed by atoms with van der Waals surface area (Å²) in [5.41, 5.74) is -2.25. The van der Waals surface area contributed by atoms with Crippen LogP contribution in [0, 0.1) is 5.82 Å². The fourth-order valence-corrected chi connectivity index (χ4v) is 3.14. The summed E-state index contributed by atoms with van der Waals surface area (Å²) in [5.74, 6) is -0.655. The molecule has 0 spiro atoms. The van der Waals surface area contributed by atoms with E-state index in [2.05, 4.69) is 10.6 Å². The van der Waals surface area contributed by atoms with Crippen molar-refractivity contribution in [1.29, 1.82) is 0 Å². The standard InChI is InChI=1S/C19H28FN3O4/c1-18(2,16(24)21-3)22-12-19(26)8-5-9-23(17(19)25)11-13-10-14(27-4)6-7-15(13)20/h6-7,10,22,26H,5,8-9,11-12H2,1-4H3,(H,21,24). The van der Waals surface area contributed by atoms with Gasteiger partial charge in [0, 0.05) is 32.2 Å². The van der Waals surface area contributed by atoms with Crippen molar-refractivity contribution in [2.45, 2.75) is 44.4 Å². The van der Waals surface area contributed by atoms with Gasteiger partial charge in [-0.15, -0.1) is 0 Å². The van der Waals surface area contributed by atoms with Crippen molar-refractivity contribution in [2.75, 3.05) is 27.2 Å². The Kier molecular flexibility index (Phi) is 6.43.